The third-order valence-electron chi connectivity index (χ3n) is 3.17. The molecule has 0 amide bonds. The summed E-state index contributed by atoms with van der Waals surface area (Å²) in [6, 6.07) is 3.09. The Morgan fingerprint density at radius 3 is 2.26 bits per heavy atom. The smallest absolute Gasteiger partial charge is 0.240 e. The predicted molar refractivity (Wildman–Crippen MR) is 79.6 cm³/mol. The van der Waals surface area contributed by atoms with E-state index < -0.39 is 10.0 Å². The minimum absolute atomic E-state index is 0.0900. The lowest BCUT2D eigenvalue weighted by molar-refractivity contribution is 0.482. The molecule has 3 N–H and O–H groups in total. The van der Waals surface area contributed by atoms with Crippen LogP contribution >= 0.6 is 0 Å². The molecule has 0 radical (unpaired) electrons. The van der Waals surface area contributed by atoms with Crippen LogP contribution in [0.4, 0.5) is 5.69 Å². The highest BCUT2D eigenvalue weighted by molar-refractivity contribution is 7.89. The van der Waals surface area contributed by atoms with E-state index in [0.29, 0.717) is 11.6 Å². The Labute approximate surface area is 116 Å². The number of nitrogen functional groups attached to an aromatic ring is 1. The van der Waals surface area contributed by atoms with E-state index in [1.54, 1.807) is 6.07 Å². The van der Waals surface area contributed by atoms with Gasteiger partial charge in [0.05, 0.1) is 4.90 Å². The summed E-state index contributed by atoms with van der Waals surface area (Å²) in [5.74, 6) is 0.447. The fraction of sp³-hybridized carbons (Fsp3) is 0.571. The summed E-state index contributed by atoms with van der Waals surface area (Å²) in [5, 5.41) is 0. The van der Waals surface area contributed by atoms with Gasteiger partial charge in [0.15, 0.2) is 0 Å². The maximum Gasteiger partial charge on any atom is 0.240 e. The zero-order valence-electron chi connectivity index (χ0n) is 12.3. The molecule has 0 aliphatic carbocycles. The molecule has 0 spiro atoms. The normalized spacial score (nSPS) is 13.8. The number of hydrogen-bond acceptors (Lipinski definition) is 3. The Bertz CT molecular complexity index is 528. The summed E-state index contributed by atoms with van der Waals surface area (Å²) in [6.07, 6.45) is 0.805. The van der Waals surface area contributed by atoms with E-state index in [1.165, 1.54) is 6.07 Å². The van der Waals surface area contributed by atoms with Gasteiger partial charge in [-0.1, -0.05) is 13.8 Å². The van der Waals surface area contributed by atoms with Gasteiger partial charge >= 0.3 is 0 Å². The Balaban J connectivity index is 3.01. The molecule has 0 aliphatic rings. The van der Waals surface area contributed by atoms with Crippen LogP contribution in [0.15, 0.2) is 17.0 Å². The number of nitrogens with two attached hydrogens (primary N) is 1. The van der Waals surface area contributed by atoms with Crippen LogP contribution < -0.4 is 10.5 Å². The highest BCUT2D eigenvalue weighted by atomic mass is 32.2. The largest absolute Gasteiger partial charge is 0.398 e. The number of hydrogen-bond donors (Lipinski definition) is 2. The van der Waals surface area contributed by atoms with Crippen LogP contribution in [0.1, 0.15) is 38.3 Å². The van der Waals surface area contributed by atoms with E-state index in [4.69, 9.17) is 5.73 Å². The van der Waals surface area contributed by atoms with E-state index in [2.05, 4.69) is 18.6 Å². The fourth-order valence-electron chi connectivity index (χ4n) is 2.10. The van der Waals surface area contributed by atoms with Crippen LogP contribution in [0, 0.1) is 19.8 Å². The van der Waals surface area contributed by atoms with Gasteiger partial charge in [-0.2, -0.15) is 0 Å². The maximum absolute atomic E-state index is 12.3. The number of sulfonamides is 1. The van der Waals surface area contributed by atoms with Crippen molar-refractivity contribution < 1.29 is 8.42 Å². The van der Waals surface area contributed by atoms with Gasteiger partial charge in [-0.25, -0.2) is 13.1 Å². The SMILES string of the molecule is Cc1cc(S(=O)(=O)NC(C)CC(C)C)cc(N)c1C. The van der Waals surface area contributed by atoms with Crippen molar-refractivity contribution in [2.24, 2.45) is 5.92 Å². The maximum atomic E-state index is 12.3. The molecule has 108 valence electrons. The Morgan fingerprint density at radius 2 is 1.79 bits per heavy atom. The fourth-order valence-corrected chi connectivity index (χ4v) is 3.47. The lowest BCUT2D eigenvalue weighted by Gasteiger charge is -2.17. The topological polar surface area (TPSA) is 72.2 Å². The molecule has 0 aromatic heterocycles. The first kappa shape index (κ1) is 16.0. The number of aryl methyl sites for hydroxylation is 1. The second kappa shape index (κ2) is 5.92. The number of anilines is 1. The van der Waals surface area contributed by atoms with Crippen LogP contribution in [0.25, 0.3) is 0 Å². The number of benzene rings is 1. The summed E-state index contributed by atoms with van der Waals surface area (Å²) in [6.45, 7) is 9.76. The van der Waals surface area contributed by atoms with Crippen LogP contribution in [0.2, 0.25) is 0 Å². The van der Waals surface area contributed by atoms with Gasteiger partial charge in [0.2, 0.25) is 10.0 Å². The monoisotopic (exact) mass is 284 g/mol. The first-order chi connectivity index (χ1) is 8.63. The van der Waals surface area contributed by atoms with Crippen molar-refractivity contribution in [2.75, 3.05) is 5.73 Å². The van der Waals surface area contributed by atoms with Gasteiger partial charge in [-0.05, 0) is 56.4 Å². The van der Waals surface area contributed by atoms with Crippen LogP contribution in [-0.2, 0) is 10.0 Å². The summed E-state index contributed by atoms with van der Waals surface area (Å²) >= 11 is 0. The molecule has 0 saturated carbocycles. The minimum atomic E-state index is -3.50. The molecule has 19 heavy (non-hydrogen) atoms. The van der Waals surface area contributed by atoms with Crippen molar-refractivity contribution in [3.63, 3.8) is 0 Å². The number of rotatable bonds is 5. The summed E-state index contributed by atoms with van der Waals surface area (Å²) in [4.78, 5) is 0.240. The van der Waals surface area contributed by atoms with Gasteiger partial charge in [0, 0.05) is 11.7 Å². The molecular weight excluding hydrogens is 260 g/mol. The molecule has 1 unspecified atom stereocenters. The molecule has 0 fully saturated rings. The molecule has 4 nitrogen and oxygen atoms in total. The molecular formula is C14H24N2O2S. The second-order valence-electron chi connectivity index (χ2n) is 5.61. The molecule has 1 atom stereocenters. The first-order valence-electron chi connectivity index (χ1n) is 6.52. The summed E-state index contributed by atoms with van der Waals surface area (Å²) < 4.78 is 27.2. The van der Waals surface area contributed by atoms with Gasteiger partial charge in [0.1, 0.15) is 0 Å². The minimum Gasteiger partial charge on any atom is -0.398 e. The third-order valence-corrected chi connectivity index (χ3v) is 4.74. The van der Waals surface area contributed by atoms with E-state index in [1.807, 2.05) is 20.8 Å². The van der Waals surface area contributed by atoms with E-state index >= 15 is 0 Å². The molecule has 0 saturated heterocycles. The molecule has 0 bridgehead atoms. The van der Waals surface area contributed by atoms with E-state index in [9.17, 15) is 8.42 Å². The third kappa shape index (κ3) is 4.21. The number of nitrogens with one attached hydrogen (secondary N) is 1. The van der Waals surface area contributed by atoms with Crippen molar-refractivity contribution in [1.82, 2.24) is 4.72 Å². The van der Waals surface area contributed by atoms with Crippen LogP contribution in [-0.4, -0.2) is 14.5 Å². The zero-order valence-corrected chi connectivity index (χ0v) is 13.1. The molecule has 5 heteroatoms. The Morgan fingerprint density at radius 1 is 1.21 bits per heavy atom. The zero-order chi connectivity index (χ0) is 14.8. The lowest BCUT2D eigenvalue weighted by atomic mass is 10.1. The molecule has 0 heterocycles. The van der Waals surface area contributed by atoms with Crippen molar-refractivity contribution >= 4 is 15.7 Å². The molecule has 0 aliphatic heterocycles. The lowest BCUT2D eigenvalue weighted by Crippen LogP contribution is -2.33. The highest BCUT2D eigenvalue weighted by Gasteiger charge is 2.19. The van der Waals surface area contributed by atoms with Gasteiger partial charge in [0.25, 0.3) is 0 Å². The summed E-state index contributed by atoms with van der Waals surface area (Å²) in [5.41, 5.74) is 8.16. The Kier molecular flexibility index (Phi) is 4.98. The predicted octanol–water partition coefficient (Wildman–Crippen LogP) is 2.60. The average Bonchev–Trinajstić information content (AvgIpc) is 2.22. The van der Waals surface area contributed by atoms with E-state index in [0.717, 1.165) is 17.5 Å². The second-order valence-corrected chi connectivity index (χ2v) is 7.32. The summed E-state index contributed by atoms with van der Waals surface area (Å²) in [7, 11) is -3.50. The quantitative estimate of drug-likeness (QED) is 0.816. The molecule has 1 aromatic carbocycles. The highest BCUT2D eigenvalue weighted by Crippen LogP contribution is 2.22. The van der Waals surface area contributed by atoms with Crippen molar-refractivity contribution in [3.8, 4) is 0 Å². The van der Waals surface area contributed by atoms with Crippen molar-refractivity contribution in [3.05, 3.63) is 23.3 Å². The van der Waals surface area contributed by atoms with Crippen molar-refractivity contribution in [1.29, 1.82) is 0 Å². The molecule has 1 aromatic rings. The van der Waals surface area contributed by atoms with Gasteiger partial charge < -0.3 is 5.73 Å². The average molecular weight is 284 g/mol. The molecule has 1 rings (SSSR count). The van der Waals surface area contributed by atoms with E-state index in [-0.39, 0.29) is 10.9 Å². The van der Waals surface area contributed by atoms with Crippen LogP contribution in [0.5, 0.6) is 0 Å². The standard InChI is InChI=1S/C14H24N2O2S/c1-9(2)6-11(4)16-19(17,18)13-7-10(3)12(5)14(15)8-13/h7-9,11,16H,6,15H2,1-5H3. The van der Waals surface area contributed by atoms with Crippen molar-refractivity contribution in [2.45, 2.75) is 52.0 Å². The van der Waals surface area contributed by atoms with Gasteiger partial charge in [-0.15, -0.1) is 0 Å². The van der Waals surface area contributed by atoms with Gasteiger partial charge in [-0.3, -0.25) is 0 Å². The Hall–Kier alpha value is -1.07. The van der Waals surface area contributed by atoms with Crippen LogP contribution in [0.3, 0.4) is 0 Å². The first-order valence-corrected chi connectivity index (χ1v) is 8.01.